The summed E-state index contributed by atoms with van der Waals surface area (Å²) in [5.41, 5.74) is 1.49. The van der Waals surface area contributed by atoms with Crippen LogP contribution in [-0.4, -0.2) is 17.6 Å². The summed E-state index contributed by atoms with van der Waals surface area (Å²) in [5.74, 6) is -0.292. The number of para-hydroxylation sites is 1. The second-order valence-electron chi connectivity index (χ2n) is 5.09. The summed E-state index contributed by atoms with van der Waals surface area (Å²) < 4.78 is 6.93. The van der Waals surface area contributed by atoms with Gasteiger partial charge in [-0.1, -0.05) is 12.1 Å². The molecule has 2 rings (SSSR count). The predicted molar refractivity (Wildman–Crippen MR) is 68.3 cm³/mol. The standard InChI is InChI=1S/C14H17NO2/c1-14(2,3)15-9-8-10-6-5-7-11(12(10)15)13(16)17-4/h5-9H,1-4H3. The first-order chi connectivity index (χ1) is 7.95. The highest BCUT2D eigenvalue weighted by atomic mass is 16.5. The van der Waals surface area contributed by atoms with E-state index in [2.05, 4.69) is 25.3 Å². The fourth-order valence-electron chi connectivity index (χ4n) is 2.03. The van der Waals surface area contributed by atoms with Gasteiger partial charge in [0.15, 0.2) is 0 Å². The summed E-state index contributed by atoms with van der Waals surface area (Å²) in [6.07, 6.45) is 2.01. The van der Waals surface area contributed by atoms with Crippen molar-refractivity contribution in [2.45, 2.75) is 26.3 Å². The minimum atomic E-state index is -0.292. The van der Waals surface area contributed by atoms with Gasteiger partial charge in [0, 0.05) is 17.1 Å². The Morgan fingerprint density at radius 1 is 1.24 bits per heavy atom. The number of carbonyl (C=O) groups excluding carboxylic acids is 1. The molecule has 0 saturated carbocycles. The maximum Gasteiger partial charge on any atom is 0.340 e. The molecule has 0 radical (unpaired) electrons. The van der Waals surface area contributed by atoms with Gasteiger partial charge in [-0.25, -0.2) is 4.79 Å². The van der Waals surface area contributed by atoms with Gasteiger partial charge in [0.2, 0.25) is 0 Å². The van der Waals surface area contributed by atoms with Gasteiger partial charge in [-0.2, -0.15) is 0 Å². The molecule has 0 atom stereocenters. The molecule has 3 nitrogen and oxygen atoms in total. The largest absolute Gasteiger partial charge is 0.465 e. The molecule has 0 aliphatic rings. The van der Waals surface area contributed by atoms with Crippen LogP contribution in [0, 0.1) is 0 Å². The molecule has 0 unspecified atom stereocenters. The maximum absolute atomic E-state index is 11.8. The van der Waals surface area contributed by atoms with Gasteiger partial charge in [0.05, 0.1) is 18.2 Å². The van der Waals surface area contributed by atoms with E-state index >= 15 is 0 Å². The van der Waals surface area contributed by atoms with Gasteiger partial charge in [0.25, 0.3) is 0 Å². The number of methoxy groups -OCH3 is 1. The Morgan fingerprint density at radius 3 is 2.53 bits per heavy atom. The minimum absolute atomic E-state index is 0.0636. The fourth-order valence-corrected chi connectivity index (χ4v) is 2.03. The van der Waals surface area contributed by atoms with Crippen LogP contribution in [0.2, 0.25) is 0 Å². The third-order valence-corrected chi connectivity index (χ3v) is 2.84. The molecule has 0 bridgehead atoms. The molecule has 3 heteroatoms. The van der Waals surface area contributed by atoms with Gasteiger partial charge >= 0.3 is 5.97 Å². The van der Waals surface area contributed by atoms with Gasteiger partial charge < -0.3 is 9.30 Å². The molecule has 0 fully saturated rings. The number of rotatable bonds is 1. The number of esters is 1. The lowest BCUT2D eigenvalue weighted by Crippen LogP contribution is -2.21. The molecule has 2 aromatic rings. The van der Waals surface area contributed by atoms with E-state index in [0.717, 1.165) is 10.9 Å². The third-order valence-electron chi connectivity index (χ3n) is 2.84. The lowest BCUT2D eigenvalue weighted by molar-refractivity contribution is 0.0602. The highest BCUT2D eigenvalue weighted by Crippen LogP contribution is 2.27. The average molecular weight is 231 g/mol. The SMILES string of the molecule is COC(=O)c1cccc2ccn(C(C)(C)C)c12. The second kappa shape index (κ2) is 3.91. The first-order valence-corrected chi connectivity index (χ1v) is 5.64. The lowest BCUT2D eigenvalue weighted by atomic mass is 10.1. The molecule has 0 N–H and O–H groups in total. The summed E-state index contributed by atoms with van der Waals surface area (Å²) in [7, 11) is 1.41. The van der Waals surface area contributed by atoms with Crippen LogP contribution >= 0.6 is 0 Å². The molecule has 17 heavy (non-hydrogen) atoms. The Bertz CT molecular complexity index is 561. The predicted octanol–water partition coefficient (Wildman–Crippen LogP) is 3.18. The van der Waals surface area contributed by atoms with Gasteiger partial charge in [-0.05, 0) is 32.9 Å². The molecule has 1 aromatic carbocycles. The summed E-state index contributed by atoms with van der Waals surface area (Å²) in [6, 6.07) is 7.70. The average Bonchev–Trinajstić information content (AvgIpc) is 2.70. The van der Waals surface area contributed by atoms with E-state index in [1.165, 1.54) is 7.11 Å². The first-order valence-electron chi connectivity index (χ1n) is 5.64. The molecule has 0 spiro atoms. The Balaban J connectivity index is 2.77. The maximum atomic E-state index is 11.8. The number of benzene rings is 1. The molecule has 0 aliphatic carbocycles. The molecule has 1 heterocycles. The Hall–Kier alpha value is -1.77. The van der Waals surface area contributed by atoms with E-state index < -0.39 is 0 Å². The molecule has 0 saturated heterocycles. The Labute approximate surface area is 101 Å². The van der Waals surface area contributed by atoms with Crippen LogP contribution in [0.15, 0.2) is 30.5 Å². The van der Waals surface area contributed by atoms with Crippen molar-refractivity contribution in [1.29, 1.82) is 0 Å². The Kier molecular flexibility index (Phi) is 2.69. The molecule has 0 amide bonds. The number of hydrogen-bond donors (Lipinski definition) is 0. The number of nitrogens with zero attached hydrogens (tertiary/aromatic N) is 1. The molecule has 90 valence electrons. The lowest BCUT2D eigenvalue weighted by Gasteiger charge is -2.23. The number of ether oxygens (including phenoxy) is 1. The van der Waals surface area contributed by atoms with Crippen molar-refractivity contribution in [1.82, 2.24) is 4.57 Å². The smallest absolute Gasteiger partial charge is 0.340 e. The summed E-state index contributed by atoms with van der Waals surface area (Å²) in [6.45, 7) is 6.33. The molecule has 0 aliphatic heterocycles. The van der Waals surface area contributed by atoms with Gasteiger partial charge in [-0.15, -0.1) is 0 Å². The van der Waals surface area contributed by atoms with Crippen molar-refractivity contribution < 1.29 is 9.53 Å². The quantitative estimate of drug-likeness (QED) is 0.706. The summed E-state index contributed by atoms with van der Waals surface area (Å²) >= 11 is 0. The topological polar surface area (TPSA) is 31.2 Å². The fraction of sp³-hybridized carbons (Fsp3) is 0.357. The van der Waals surface area contributed by atoms with E-state index in [-0.39, 0.29) is 11.5 Å². The number of aromatic nitrogens is 1. The van der Waals surface area contributed by atoms with Crippen LogP contribution in [0.1, 0.15) is 31.1 Å². The Morgan fingerprint density at radius 2 is 1.94 bits per heavy atom. The van der Waals surface area contributed by atoms with Crippen LogP contribution in [0.5, 0.6) is 0 Å². The van der Waals surface area contributed by atoms with Crippen molar-refractivity contribution in [3.8, 4) is 0 Å². The van der Waals surface area contributed by atoms with Crippen LogP contribution in [0.3, 0.4) is 0 Å². The van der Waals surface area contributed by atoms with Crippen LogP contribution in [-0.2, 0) is 10.3 Å². The van der Waals surface area contributed by atoms with E-state index in [9.17, 15) is 4.79 Å². The highest BCUT2D eigenvalue weighted by Gasteiger charge is 2.19. The third kappa shape index (κ3) is 1.93. The van der Waals surface area contributed by atoms with Gasteiger partial charge in [-0.3, -0.25) is 0 Å². The van der Waals surface area contributed by atoms with E-state index in [1.54, 1.807) is 6.07 Å². The first kappa shape index (κ1) is 11.7. The van der Waals surface area contributed by atoms with Crippen molar-refractivity contribution in [2.24, 2.45) is 0 Å². The minimum Gasteiger partial charge on any atom is -0.465 e. The van der Waals surface area contributed by atoms with Crippen LogP contribution < -0.4 is 0 Å². The monoisotopic (exact) mass is 231 g/mol. The van der Waals surface area contributed by atoms with E-state index in [4.69, 9.17) is 4.74 Å². The van der Waals surface area contributed by atoms with Crippen molar-refractivity contribution in [2.75, 3.05) is 7.11 Å². The van der Waals surface area contributed by atoms with Gasteiger partial charge in [0.1, 0.15) is 0 Å². The molecular formula is C14H17NO2. The van der Waals surface area contributed by atoms with Crippen LogP contribution in [0.25, 0.3) is 10.9 Å². The molecular weight excluding hydrogens is 214 g/mol. The van der Waals surface area contributed by atoms with E-state index in [0.29, 0.717) is 5.56 Å². The van der Waals surface area contributed by atoms with Crippen LogP contribution in [0.4, 0.5) is 0 Å². The number of fused-ring (bicyclic) bond motifs is 1. The van der Waals surface area contributed by atoms with Crippen molar-refractivity contribution in [3.63, 3.8) is 0 Å². The normalized spacial score (nSPS) is 11.8. The number of carbonyl (C=O) groups is 1. The second-order valence-corrected chi connectivity index (χ2v) is 5.09. The van der Waals surface area contributed by atoms with Crippen molar-refractivity contribution >= 4 is 16.9 Å². The summed E-state index contributed by atoms with van der Waals surface area (Å²) in [4.78, 5) is 11.8. The number of hydrogen-bond acceptors (Lipinski definition) is 2. The zero-order valence-electron chi connectivity index (χ0n) is 10.7. The zero-order chi connectivity index (χ0) is 12.6. The highest BCUT2D eigenvalue weighted by molar-refractivity contribution is 6.03. The summed E-state index contributed by atoms with van der Waals surface area (Å²) in [5, 5.41) is 1.06. The van der Waals surface area contributed by atoms with E-state index in [1.807, 2.05) is 24.4 Å². The molecule has 1 aromatic heterocycles. The zero-order valence-corrected chi connectivity index (χ0v) is 10.7. The van der Waals surface area contributed by atoms with Crippen molar-refractivity contribution in [3.05, 3.63) is 36.0 Å².